The highest BCUT2D eigenvalue weighted by Crippen LogP contribution is 2.31. The van der Waals surface area contributed by atoms with Crippen LogP contribution in [0.25, 0.3) is 0 Å². The average Bonchev–Trinajstić information content (AvgIpc) is 3.11. The maximum absolute atomic E-state index is 5.96. The summed E-state index contributed by atoms with van der Waals surface area (Å²) in [6.45, 7) is 10.3. The van der Waals surface area contributed by atoms with Gasteiger partial charge in [-0.25, -0.2) is 4.98 Å². The van der Waals surface area contributed by atoms with E-state index in [1.54, 1.807) is 11.3 Å². The standard InChI is InChI=1S/C22H33N5S/c1-3-11-27(19-9-10-21-20(16-19)24-22(23)28-21)17(2)25-12-14-26(15-13-25)18-7-5-4-6-8-18/h4-8,17,19H,3,9-16H2,1-2H3,(H2,23,24). The largest absolute Gasteiger partial charge is 0.375 e. The number of para-hydroxylation sites is 1. The molecule has 1 aromatic heterocycles. The fourth-order valence-electron chi connectivity index (χ4n) is 4.80. The molecule has 1 aromatic carbocycles. The Labute approximate surface area is 173 Å². The molecule has 1 aliphatic heterocycles. The van der Waals surface area contributed by atoms with E-state index in [0.717, 1.165) is 50.7 Å². The summed E-state index contributed by atoms with van der Waals surface area (Å²) >= 11 is 1.68. The molecule has 1 aliphatic carbocycles. The van der Waals surface area contributed by atoms with Crippen LogP contribution >= 0.6 is 11.3 Å². The van der Waals surface area contributed by atoms with Gasteiger partial charge in [-0.15, -0.1) is 11.3 Å². The summed E-state index contributed by atoms with van der Waals surface area (Å²) in [7, 11) is 0. The lowest BCUT2D eigenvalue weighted by Crippen LogP contribution is -2.57. The summed E-state index contributed by atoms with van der Waals surface area (Å²) in [5.41, 5.74) is 8.56. The average molecular weight is 400 g/mol. The third kappa shape index (κ3) is 4.19. The van der Waals surface area contributed by atoms with Gasteiger partial charge in [0.05, 0.1) is 11.9 Å². The highest BCUT2D eigenvalue weighted by atomic mass is 32.1. The third-order valence-electron chi connectivity index (χ3n) is 6.32. The van der Waals surface area contributed by atoms with Gasteiger partial charge in [-0.05, 0) is 44.9 Å². The van der Waals surface area contributed by atoms with E-state index < -0.39 is 0 Å². The molecule has 0 saturated carbocycles. The summed E-state index contributed by atoms with van der Waals surface area (Å²) in [4.78, 5) is 13.9. The van der Waals surface area contributed by atoms with Crippen molar-refractivity contribution in [3.63, 3.8) is 0 Å². The van der Waals surface area contributed by atoms with Crippen LogP contribution in [0, 0.1) is 0 Å². The van der Waals surface area contributed by atoms with Crippen LogP contribution in [0.4, 0.5) is 10.8 Å². The summed E-state index contributed by atoms with van der Waals surface area (Å²) in [6.07, 6.45) is 5.07. The normalized spacial score (nSPS) is 21.7. The number of piperazine rings is 1. The van der Waals surface area contributed by atoms with E-state index in [4.69, 9.17) is 5.73 Å². The van der Waals surface area contributed by atoms with Gasteiger partial charge in [-0.3, -0.25) is 9.80 Å². The number of nitrogen functional groups attached to an aromatic ring is 1. The van der Waals surface area contributed by atoms with Gasteiger partial charge in [0.15, 0.2) is 5.13 Å². The predicted octanol–water partition coefficient (Wildman–Crippen LogP) is 3.46. The van der Waals surface area contributed by atoms with E-state index in [1.807, 2.05) is 0 Å². The molecule has 1 fully saturated rings. The van der Waals surface area contributed by atoms with Crippen molar-refractivity contribution in [1.82, 2.24) is 14.8 Å². The molecule has 152 valence electrons. The van der Waals surface area contributed by atoms with Crippen molar-refractivity contribution in [2.24, 2.45) is 0 Å². The molecule has 2 aliphatic rings. The number of aryl methyl sites for hydroxylation is 1. The molecule has 2 N–H and O–H groups in total. The Kier molecular flexibility index (Phi) is 6.19. The van der Waals surface area contributed by atoms with Crippen molar-refractivity contribution >= 4 is 22.2 Å². The van der Waals surface area contributed by atoms with E-state index >= 15 is 0 Å². The lowest BCUT2D eigenvalue weighted by atomic mass is 9.95. The Hall–Kier alpha value is -1.63. The van der Waals surface area contributed by atoms with Crippen LogP contribution < -0.4 is 10.6 Å². The zero-order valence-corrected chi connectivity index (χ0v) is 18.0. The number of fused-ring (bicyclic) bond motifs is 1. The first-order valence-corrected chi connectivity index (χ1v) is 11.5. The maximum Gasteiger partial charge on any atom is 0.180 e. The van der Waals surface area contributed by atoms with Crippen LogP contribution in [-0.4, -0.2) is 59.7 Å². The number of nitrogens with two attached hydrogens (primary N) is 1. The van der Waals surface area contributed by atoms with E-state index in [1.165, 1.54) is 29.1 Å². The van der Waals surface area contributed by atoms with E-state index in [0.29, 0.717) is 12.2 Å². The van der Waals surface area contributed by atoms with Gasteiger partial charge in [0, 0.05) is 49.2 Å². The van der Waals surface area contributed by atoms with Crippen molar-refractivity contribution in [3.8, 4) is 0 Å². The van der Waals surface area contributed by atoms with Gasteiger partial charge in [-0.1, -0.05) is 25.1 Å². The van der Waals surface area contributed by atoms with Crippen LogP contribution in [0.15, 0.2) is 30.3 Å². The second-order valence-corrected chi connectivity index (χ2v) is 9.16. The SMILES string of the molecule is CCCN(C1CCc2sc(N)nc2C1)C(C)N1CCN(c2ccccc2)CC1. The fourth-order valence-corrected chi connectivity index (χ4v) is 5.67. The second-order valence-electron chi connectivity index (χ2n) is 8.05. The number of aromatic nitrogens is 1. The molecule has 2 unspecified atom stereocenters. The van der Waals surface area contributed by atoms with Crippen LogP contribution in [0.2, 0.25) is 0 Å². The Morgan fingerprint density at radius 3 is 2.68 bits per heavy atom. The Balaban J connectivity index is 1.40. The molecule has 6 heteroatoms. The third-order valence-corrected chi connectivity index (χ3v) is 7.31. The Morgan fingerprint density at radius 1 is 1.21 bits per heavy atom. The van der Waals surface area contributed by atoms with Gasteiger partial charge < -0.3 is 10.6 Å². The summed E-state index contributed by atoms with van der Waals surface area (Å²) in [6, 6.07) is 11.4. The zero-order valence-electron chi connectivity index (χ0n) is 17.2. The first-order chi connectivity index (χ1) is 13.7. The molecule has 0 spiro atoms. The van der Waals surface area contributed by atoms with Gasteiger partial charge in [0.1, 0.15) is 0 Å². The maximum atomic E-state index is 5.96. The molecule has 2 aromatic rings. The minimum atomic E-state index is 0.473. The van der Waals surface area contributed by atoms with Gasteiger partial charge in [-0.2, -0.15) is 0 Å². The molecule has 0 amide bonds. The molecule has 0 radical (unpaired) electrons. The molecule has 1 saturated heterocycles. The summed E-state index contributed by atoms with van der Waals surface area (Å²) in [5, 5.41) is 0.734. The Bertz CT molecular complexity index is 754. The van der Waals surface area contributed by atoms with E-state index in [-0.39, 0.29) is 0 Å². The van der Waals surface area contributed by atoms with Crippen LogP contribution in [0.5, 0.6) is 0 Å². The predicted molar refractivity (Wildman–Crippen MR) is 119 cm³/mol. The van der Waals surface area contributed by atoms with Crippen LogP contribution in [-0.2, 0) is 12.8 Å². The Morgan fingerprint density at radius 2 is 1.96 bits per heavy atom. The molecule has 5 nitrogen and oxygen atoms in total. The second kappa shape index (κ2) is 8.80. The molecular formula is C22H33N5S. The first-order valence-electron chi connectivity index (χ1n) is 10.7. The van der Waals surface area contributed by atoms with Crippen LogP contribution in [0.3, 0.4) is 0 Å². The van der Waals surface area contributed by atoms with Gasteiger partial charge in [0.2, 0.25) is 0 Å². The molecule has 28 heavy (non-hydrogen) atoms. The molecular weight excluding hydrogens is 366 g/mol. The minimum absolute atomic E-state index is 0.473. The fraction of sp³-hybridized carbons (Fsp3) is 0.591. The monoisotopic (exact) mass is 399 g/mol. The molecule has 2 atom stereocenters. The summed E-state index contributed by atoms with van der Waals surface area (Å²) in [5.74, 6) is 0. The zero-order chi connectivity index (χ0) is 19.5. The topological polar surface area (TPSA) is 48.6 Å². The number of rotatable bonds is 6. The van der Waals surface area contributed by atoms with Crippen molar-refractivity contribution in [1.29, 1.82) is 0 Å². The highest BCUT2D eigenvalue weighted by Gasteiger charge is 2.32. The number of nitrogens with zero attached hydrogens (tertiary/aromatic N) is 4. The smallest absolute Gasteiger partial charge is 0.180 e. The molecule has 4 rings (SSSR count). The molecule has 2 heterocycles. The van der Waals surface area contributed by atoms with Gasteiger partial charge in [0.25, 0.3) is 0 Å². The highest BCUT2D eigenvalue weighted by molar-refractivity contribution is 7.15. The van der Waals surface area contributed by atoms with Gasteiger partial charge >= 0.3 is 0 Å². The van der Waals surface area contributed by atoms with Crippen molar-refractivity contribution in [2.45, 2.75) is 51.7 Å². The number of benzene rings is 1. The number of hydrogen-bond acceptors (Lipinski definition) is 6. The first kappa shape index (κ1) is 19.7. The number of anilines is 2. The quantitative estimate of drug-likeness (QED) is 0.806. The van der Waals surface area contributed by atoms with Crippen LogP contribution in [0.1, 0.15) is 37.3 Å². The number of hydrogen-bond donors (Lipinski definition) is 1. The minimum Gasteiger partial charge on any atom is -0.375 e. The van der Waals surface area contributed by atoms with Crippen molar-refractivity contribution in [2.75, 3.05) is 43.4 Å². The van der Waals surface area contributed by atoms with E-state index in [2.05, 4.69) is 63.9 Å². The lowest BCUT2D eigenvalue weighted by Gasteiger charge is -2.46. The lowest BCUT2D eigenvalue weighted by molar-refractivity contribution is 0.0147. The van der Waals surface area contributed by atoms with E-state index in [9.17, 15) is 0 Å². The van der Waals surface area contributed by atoms with Crippen molar-refractivity contribution in [3.05, 3.63) is 40.9 Å². The number of thiazole rings is 1. The molecule has 0 bridgehead atoms. The summed E-state index contributed by atoms with van der Waals surface area (Å²) < 4.78 is 0. The van der Waals surface area contributed by atoms with Crippen molar-refractivity contribution < 1.29 is 0 Å².